The van der Waals surface area contributed by atoms with Gasteiger partial charge >= 0.3 is 5.69 Å². The first-order valence-corrected chi connectivity index (χ1v) is 9.55. The van der Waals surface area contributed by atoms with Gasteiger partial charge in [-0.05, 0) is 43.0 Å². The number of nitrogens with one attached hydrogen (secondary N) is 1. The van der Waals surface area contributed by atoms with Crippen molar-refractivity contribution in [3.63, 3.8) is 0 Å². The summed E-state index contributed by atoms with van der Waals surface area (Å²) in [5.74, 6) is -2.47. The van der Waals surface area contributed by atoms with Gasteiger partial charge in [-0.25, -0.2) is 13.6 Å². The molecule has 1 aliphatic rings. The second kappa shape index (κ2) is 7.12. The van der Waals surface area contributed by atoms with E-state index in [2.05, 4.69) is 10.3 Å². The second-order valence-corrected chi connectivity index (χ2v) is 7.68. The van der Waals surface area contributed by atoms with Crippen LogP contribution in [0.3, 0.4) is 0 Å². The summed E-state index contributed by atoms with van der Waals surface area (Å²) >= 11 is 6.27. The van der Waals surface area contributed by atoms with Crippen molar-refractivity contribution in [3.05, 3.63) is 63.0 Å². The normalized spacial score (nSPS) is 14.0. The molecule has 0 aliphatic heterocycles. The second-order valence-electron chi connectivity index (χ2n) is 7.27. The molecule has 1 aliphatic carbocycles. The minimum Gasteiger partial charge on any atom is -0.369 e. The molecule has 0 bridgehead atoms. The van der Waals surface area contributed by atoms with Crippen molar-refractivity contribution >= 4 is 28.3 Å². The number of nitrogens with zero attached hydrogens (tertiary/aromatic N) is 3. The Hall–Kier alpha value is -2.98. The molecule has 8 heteroatoms. The van der Waals surface area contributed by atoms with E-state index in [1.54, 1.807) is 24.3 Å². The molecule has 0 atom stereocenters. The van der Waals surface area contributed by atoms with Gasteiger partial charge in [0, 0.05) is 24.4 Å². The minimum absolute atomic E-state index is 0.161. The summed E-state index contributed by atoms with van der Waals surface area (Å²) in [5.41, 5.74) is -0.705. The van der Waals surface area contributed by atoms with E-state index in [1.165, 1.54) is 16.7 Å². The highest BCUT2D eigenvalue weighted by molar-refractivity contribution is 6.32. The molecule has 1 fully saturated rings. The molecule has 148 valence electrons. The van der Waals surface area contributed by atoms with Crippen LogP contribution < -0.4 is 11.0 Å². The monoisotopic (exact) mass is 414 g/mol. The smallest absolute Gasteiger partial charge is 0.354 e. The van der Waals surface area contributed by atoms with Crippen molar-refractivity contribution in [3.8, 4) is 11.8 Å². The Balaban J connectivity index is 2.06. The highest BCUT2D eigenvalue weighted by Crippen LogP contribution is 2.36. The first kappa shape index (κ1) is 19.3. The Kier molecular flexibility index (Phi) is 4.75. The van der Waals surface area contributed by atoms with Crippen LogP contribution in [0.25, 0.3) is 16.6 Å². The van der Waals surface area contributed by atoms with Gasteiger partial charge in [0.25, 0.3) is 5.92 Å². The number of aromatic nitrogens is 2. The van der Waals surface area contributed by atoms with Crippen molar-refractivity contribution < 1.29 is 8.78 Å². The number of para-hydroxylation sites is 1. The number of nitriles is 1. The number of alkyl halides is 2. The number of hydrogen-bond donors (Lipinski definition) is 1. The lowest BCUT2D eigenvalue weighted by Gasteiger charge is -2.18. The molecule has 0 radical (unpaired) electrons. The number of benzene rings is 2. The summed E-state index contributed by atoms with van der Waals surface area (Å²) < 4.78 is 29.6. The summed E-state index contributed by atoms with van der Waals surface area (Å²) in [7, 11) is 0. The van der Waals surface area contributed by atoms with E-state index in [9.17, 15) is 18.8 Å². The first-order valence-electron chi connectivity index (χ1n) is 9.17. The van der Waals surface area contributed by atoms with E-state index < -0.39 is 17.2 Å². The fourth-order valence-corrected chi connectivity index (χ4v) is 3.51. The van der Waals surface area contributed by atoms with Gasteiger partial charge in [0.05, 0.1) is 27.9 Å². The molecule has 1 aromatic heterocycles. The van der Waals surface area contributed by atoms with Crippen LogP contribution in [0.1, 0.15) is 30.9 Å². The average Bonchev–Trinajstić information content (AvgIpc) is 3.50. The third-order valence-electron chi connectivity index (χ3n) is 4.97. The van der Waals surface area contributed by atoms with Crippen LogP contribution in [0, 0.1) is 17.2 Å². The maximum atomic E-state index is 14.2. The summed E-state index contributed by atoms with van der Waals surface area (Å²) in [6.45, 7) is 1.35. The Morgan fingerprint density at radius 2 is 2.07 bits per heavy atom. The van der Waals surface area contributed by atoms with Gasteiger partial charge in [0.15, 0.2) is 0 Å². The van der Waals surface area contributed by atoms with Gasteiger partial charge < -0.3 is 5.32 Å². The van der Waals surface area contributed by atoms with Crippen molar-refractivity contribution in [2.45, 2.75) is 25.7 Å². The van der Waals surface area contributed by atoms with Gasteiger partial charge in [-0.2, -0.15) is 10.2 Å². The average molecular weight is 415 g/mol. The number of rotatable bonds is 5. The number of halogens is 3. The molecular weight excluding hydrogens is 398 g/mol. The molecule has 0 amide bonds. The van der Waals surface area contributed by atoms with E-state index in [4.69, 9.17) is 11.6 Å². The van der Waals surface area contributed by atoms with Crippen molar-refractivity contribution in [1.82, 2.24) is 9.55 Å². The predicted molar refractivity (Wildman–Crippen MR) is 108 cm³/mol. The Bertz CT molecular complexity index is 1210. The van der Waals surface area contributed by atoms with Crippen LogP contribution in [0.4, 0.5) is 14.6 Å². The van der Waals surface area contributed by atoms with E-state index in [0.29, 0.717) is 23.5 Å². The Morgan fingerprint density at radius 1 is 1.34 bits per heavy atom. The number of hydrogen-bond acceptors (Lipinski definition) is 4. The molecule has 1 heterocycles. The lowest BCUT2D eigenvalue weighted by Crippen LogP contribution is -2.25. The van der Waals surface area contributed by atoms with Crippen LogP contribution in [-0.2, 0) is 5.92 Å². The maximum absolute atomic E-state index is 14.2. The number of fused-ring (bicyclic) bond motifs is 1. The van der Waals surface area contributed by atoms with Crippen molar-refractivity contribution in [2.24, 2.45) is 5.92 Å². The van der Waals surface area contributed by atoms with Gasteiger partial charge in [-0.1, -0.05) is 23.7 Å². The molecule has 1 N–H and O–H groups in total. The van der Waals surface area contributed by atoms with Gasteiger partial charge in [-0.15, -0.1) is 0 Å². The lowest BCUT2D eigenvalue weighted by molar-refractivity contribution is 0.0173. The third kappa shape index (κ3) is 3.68. The molecule has 0 saturated heterocycles. The van der Waals surface area contributed by atoms with Gasteiger partial charge in [0.1, 0.15) is 5.82 Å². The summed E-state index contributed by atoms with van der Waals surface area (Å²) in [5, 5.41) is 13.3. The van der Waals surface area contributed by atoms with Crippen LogP contribution in [0.2, 0.25) is 5.02 Å². The van der Waals surface area contributed by atoms with Crippen LogP contribution in [0.15, 0.2) is 41.2 Å². The lowest BCUT2D eigenvalue weighted by atomic mass is 10.00. The summed E-state index contributed by atoms with van der Waals surface area (Å²) in [6.07, 6.45) is 2.19. The SMILES string of the molecule is CC(F)(F)c1cc2c(cc1C#N)c(NCC1CC1)nc(=O)n2-c1ccccc1Cl. The number of anilines is 1. The van der Waals surface area contributed by atoms with E-state index >= 15 is 0 Å². The molecule has 2 aromatic carbocycles. The maximum Gasteiger partial charge on any atom is 0.354 e. The van der Waals surface area contributed by atoms with Crippen molar-refractivity contribution in [2.75, 3.05) is 11.9 Å². The molecule has 4 rings (SSSR count). The largest absolute Gasteiger partial charge is 0.369 e. The molecule has 5 nitrogen and oxygen atoms in total. The standard InChI is InChI=1S/C21H17ClF2N4O/c1-21(23,24)15-9-18-14(8-13(15)10-25)19(26-11-12-6-7-12)27-20(29)28(18)17-5-3-2-4-16(17)22/h2-5,8-9,12H,6-7,11H2,1H3,(H,26,27,29). The topological polar surface area (TPSA) is 70.7 Å². The van der Waals surface area contributed by atoms with Crippen LogP contribution in [-0.4, -0.2) is 16.1 Å². The predicted octanol–water partition coefficient (Wildman–Crippen LogP) is 4.84. The Labute approximate surface area is 170 Å². The quantitative estimate of drug-likeness (QED) is 0.648. The van der Waals surface area contributed by atoms with Gasteiger partial charge in [-0.3, -0.25) is 4.57 Å². The molecular formula is C21H17ClF2N4O. The summed E-state index contributed by atoms with van der Waals surface area (Å²) in [6, 6.07) is 11.0. The zero-order chi connectivity index (χ0) is 20.8. The fourth-order valence-electron chi connectivity index (χ4n) is 3.29. The zero-order valence-electron chi connectivity index (χ0n) is 15.5. The fraction of sp³-hybridized carbons (Fsp3) is 0.286. The molecule has 0 spiro atoms. The molecule has 29 heavy (non-hydrogen) atoms. The molecule has 1 saturated carbocycles. The van der Waals surface area contributed by atoms with Crippen LogP contribution >= 0.6 is 11.6 Å². The highest BCUT2D eigenvalue weighted by Gasteiger charge is 2.30. The Morgan fingerprint density at radius 3 is 2.69 bits per heavy atom. The van der Waals surface area contributed by atoms with E-state index in [1.807, 2.05) is 6.07 Å². The zero-order valence-corrected chi connectivity index (χ0v) is 16.3. The summed E-state index contributed by atoms with van der Waals surface area (Å²) in [4.78, 5) is 17.0. The first-order chi connectivity index (χ1) is 13.8. The minimum atomic E-state index is -3.26. The van der Waals surface area contributed by atoms with Crippen LogP contribution in [0.5, 0.6) is 0 Å². The van der Waals surface area contributed by atoms with Gasteiger partial charge in [0.2, 0.25) is 0 Å². The molecule has 0 unspecified atom stereocenters. The highest BCUT2D eigenvalue weighted by atomic mass is 35.5. The van der Waals surface area contributed by atoms with Crippen molar-refractivity contribution in [1.29, 1.82) is 5.26 Å². The molecule has 3 aromatic rings. The third-order valence-corrected chi connectivity index (χ3v) is 5.29. The van der Waals surface area contributed by atoms with E-state index in [-0.39, 0.29) is 21.9 Å². The van der Waals surface area contributed by atoms with E-state index in [0.717, 1.165) is 19.8 Å².